The van der Waals surface area contributed by atoms with E-state index in [9.17, 15) is 0 Å². The van der Waals surface area contributed by atoms with Crippen LogP contribution in [0.5, 0.6) is 0 Å². The molecule has 0 heterocycles. The molecule has 0 aliphatic heterocycles. The largest absolute Gasteiger partial charge is 0.192 e. The van der Waals surface area contributed by atoms with Gasteiger partial charge in [0.05, 0.1) is 3.58 Å². The summed E-state index contributed by atoms with van der Waals surface area (Å²) in [6.45, 7) is 8.84. The van der Waals surface area contributed by atoms with Gasteiger partial charge in [0.1, 0.15) is 6.07 Å². The van der Waals surface area contributed by atoms with Crippen molar-refractivity contribution >= 4 is 22.6 Å². The molecule has 0 bridgehead atoms. The van der Waals surface area contributed by atoms with E-state index in [-0.39, 0.29) is 5.41 Å². The van der Waals surface area contributed by atoms with Gasteiger partial charge in [-0.1, -0.05) is 31.6 Å². The van der Waals surface area contributed by atoms with Crippen LogP contribution in [0.15, 0.2) is 32.5 Å². The Labute approximate surface area is 118 Å². The van der Waals surface area contributed by atoms with Gasteiger partial charge in [0.15, 0.2) is 0 Å². The molecule has 0 saturated heterocycles. The van der Waals surface area contributed by atoms with Crippen LogP contribution in [0.2, 0.25) is 0 Å². The summed E-state index contributed by atoms with van der Waals surface area (Å²) in [6.07, 6.45) is 8.04. The third kappa shape index (κ3) is 3.70. The molecule has 0 saturated carbocycles. The van der Waals surface area contributed by atoms with E-state index < -0.39 is 0 Å². The van der Waals surface area contributed by atoms with E-state index in [1.807, 2.05) is 6.92 Å². The minimum atomic E-state index is 0.275. The standard InChI is InChI=1S/C15H20IN/c1-11-6-5-9-15(3,4)13(11)8-7-12(2)14(16)10-17/h7-8H,5-6,9H2,1-4H3/b8-7+,14-12-. The third-order valence-electron chi connectivity index (χ3n) is 3.49. The first kappa shape index (κ1) is 14.5. The lowest BCUT2D eigenvalue weighted by Crippen LogP contribution is -2.19. The molecule has 0 N–H and O–H groups in total. The van der Waals surface area contributed by atoms with Gasteiger partial charge < -0.3 is 0 Å². The van der Waals surface area contributed by atoms with E-state index in [2.05, 4.69) is 61.6 Å². The van der Waals surface area contributed by atoms with Gasteiger partial charge in [-0.3, -0.25) is 0 Å². The monoisotopic (exact) mass is 341 g/mol. The minimum Gasteiger partial charge on any atom is -0.192 e. The van der Waals surface area contributed by atoms with Gasteiger partial charge in [-0.25, -0.2) is 0 Å². The Balaban J connectivity index is 3.02. The Morgan fingerprint density at radius 2 is 2.12 bits per heavy atom. The van der Waals surface area contributed by atoms with Crippen LogP contribution in [0.25, 0.3) is 0 Å². The molecule has 0 aromatic heterocycles. The van der Waals surface area contributed by atoms with Crippen LogP contribution in [0.3, 0.4) is 0 Å². The molecule has 0 fully saturated rings. The summed E-state index contributed by atoms with van der Waals surface area (Å²) >= 11 is 2.09. The minimum absolute atomic E-state index is 0.275. The van der Waals surface area contributed by atoms with Crippen LogP contribution < -0.4 is 0 Å². The molecule has 0 amide bonds. The molecule has 0 unspecified atom stereocenters. The molecule has 0 aromatic rings. The lowest BCUT2D eigenvalue weighted by atomic mass is 9.72. The fraction of sp³-hybridized carbons (Fsp3) is 0.533. The van der Waals surface area contributed by atoms with E-state index >= 15 is 0 Å². The smallest absolute Gasteiger partial charge is 0.106 e. The molecule has 1 nitrogen and oxygen atoms in total. The number of halogens is 1. The van der Waals surface area contributed by atoms with Crippen molar-refractivity contribution in [2.24, 2.45) is 5.41 Å². The summed E-state index contributed by atoms with van der Waals surface area (Å²) in [7, 11) is 0. The summed E-state index contributed by atoms with van der Waals surface area (Å²) in [6, 6.07) is 2.18. The highest BCUT2D eigenvalue weighted by Crippen LogP contribution is 2.40. The van der Waals surface area contributed by atoms with Gasteiger partial charge in [-0.15, -0.1) is 0 Å². The molecule has 2 heteroatoms. The van der Waals surface area contributed by atoms with Crippen molar-refractivity contribution in [1.29, 1.82) is 5.26 Å². The maximum absolute atomic E-state index is 8.84. The Bertz CT molecular complexity index is 430. The zero-order chi connectivity index (χ0) is 13.1. The zero-order valence-corrected chi connectivity index (χ0v) is 13.3. The second-order valence-corrected chi connectivity index (χ2v) is 6.45. The van der Waals surface area contributed by atoms with Gasteiger partial charge in [0.2, 0.25) is 0 Å². The molecule has 1 aliphatic rings. The summed E-state index contributed by atoms with van der Waals surface area (Å²) in [5, 5.41) is 8.84. The number of nitriles is 1. The fourth-order valence-corrected chi connectivity index (χ4v) is 2.56. The van der Waals surface area contributed by atoms with E-state index in [0.717, 1.165) is 9.15 Å². The normalized spacial score (nSPS) is 21.4. The van der Waals surface area contributed by atoms with Crippen molar-refractivity contribution in [2.45, 2.75) is 47.0 Å². The molecule has 0 aromatic carbocycles. The topological polar surface area (TPSA) is 23.8 Å². The van der Waals surface area contributed by atoms with Crippen LogP contribution in [-0.2, 0) is 0 Å². The second-order valence-electron chi connectivity index (χ2n) is 5.37. The van der Waals surface area contributed by atoms with Crippen molar-refractivity contribution in [1.82, 2.24) is 0 Å². The summed E-state index contributed by atoms with van der Waals surface area (Å²) < 4.78 is 0.769. The fourth-order valence-electron chi connectivity index (χ4n) is 2.38. The van der Waals surface area contributed by atoms with Crippen molar-refractivity contribution in [3.8, 4) is 6.07 Å². The zero-order valence-electron chi connectivity index (χ0n) is 11.1. The number of hydrogen-bond acceptors (Lipinski definition) is 1. The second kappa shape index (κ2) is 5.86. The third-order valence-corrected chi connectivity index (χ3v) is 4.58. The predicted octanol–water partition coefficient (Wildman–Crippen LogP) is 5.30. The van der Waals surface area contributed by atoms with Gasteiger partial charge >= 0.3 is 0 Å². The number of hydrogen-bond donors (Lipinski definition) is 0. The SMILES string of the molecule is CC1=C(/C=C/C(C)=C(\I)C#N)C(C)(C)CCC1. The quantitative estimate of drug-likeness (QED) is 0.380. The molecule has 17 heavy (non-hydrogen) atoms. The lowest BCUT2D eigenvalue weighted by Gasteiger charge is -2.32. The molecular weight excluding hydrogens is 321 g/mol. The molecule has 0 radical (unpaired) electrons. The molecule has 92 valence electrons. The highest BCUT2D eigenvalue weighted by Gasteiger charge is 2.26. The van der Waals surface area contributed by atoms with E-state index in [1.165, 1.54) is 30.4 Å². The van der Waals surface area contributed by atoms with E-state index in [1.54, 1.807) is 0 Å². The van der Waals surface area contributed by atoms with Crippen LogP contribution >= 0.6 is 22.6 Å². The number of allylic oxidation sites excluding steroid dienone is 6. The molecule has 1 aliphatic carbocycles. The molecule has 0 spiro atoms. The van der Waals surface area contributed by atoms with Crippen LogP contribution in [-0.4, -0.2) is 0 Å². The first-order valence-corrected chi connectivity index (χ1v) is 7.11. The predicted molar refractivity (Wildman–Crippen MR) is 81.8 cm³/mol. The van der Waals surface area contributed by atoms with Crippen molar-refractivity contribution in [3.05, 3.63) is 32.5 Å². The Kier molecular flexibility index (Phi) is 5.00. The van der Waals surface area contributed by atoms with Crippen LogP contribution in [0.1, 0.15) is 47.0 Å². The summed E-state index contributed by atoms with van der Waals surface area (Å²) in [5.41, 5.74) is 4.27. The average Bonchev–Trinajstić information content (AvgIpc) is 2.26. The maximum atomic E-state index is 8.84. The van der Waals surface area contributed by atoms with Crippen LogP contribution in [0.4, 0.5) is 0 Å². The molecular formula is C15H20IN. The first-order valence-electron chi connectivity index (χ1n) is 6.03. The Morgan fingerprint density at radius 1 is 1.47 bits per heavy atom. The summed E-state index contributed by atoms with van der Waals surface area (Å²) in [4.78, 5) is 0. The van der Waals surface area contributed by atoms with Gasteiger partial charge in [-0.05, 0) is 72.3 Å². The first-order chi connectivity index (χ1) is 7.88. The van der Waals surface area contributed by atoms with Gasteiger partial charge in [0, 0.05) is 0 Å². The molecule has 1 rings (SSSR count). The van der Waals surface area contributed by atoms with Crippen LogP contribution in [0, 0.1) is 16.7 Å². The highest BCUT2D eigenvalue weighted by molar-refractivity contribution is 14.1. The van der Waals surface area contributed by atoms with Crippen molar-refractivity contribution in [2.75, 3.05) is 0 Å². The summed E-state index contributed by atoms with van der Waals surface area (Å²) in [5.74, 6) is 0. The van der Waals surface area contributed by atoms with Crippen molar-refractivity contribution in [3.63, 3.8) is 0 Å². The van der Waals surface area contributed by atoms with Gasteiger partial charge in [-0.2, -0.15) is 5.26 Å². The van der Waals surface area contributed by atoms with Crippen molar-refractivity contribution < 1.29 is 0 Å². The number of nitrogens with zero attached hydrogens (tertiary/aromatic N) is 1. The Hall–Kier alpha value is -0.560. The molecule has 0 atom stereocenters. The van der Waals surface area contributed by atoms with E-state index in [0.29, 0.717) is 0 Å². The Morgan fingerprint density at radius 3 is 2.65 bits per heavy atom. The lowest BCUT2D eigenvalue weighted by molar-refractivity contribution is 0.377. The maximum Gasteiger partial charge on any atom is 0.106 e. The van der Waals surface area contributed by atoms with Gasteiger partial charge in [0.25, 0.3) is 0 Å². The average molecular weight is 341 g/mol. The number of rotatable bonds is 2. The van der Waals surface area contributed by atoms with E-state index in [4.69, 9.17) is 5.26 Å². The highest BCUT2D eigenvalue weighted by atomic mass is 127.